The van der Waals surface area contributed by atoms with Crippen LogP contribution in [0, 0.1) is 7.14 Å². The van der Waals surface area contributed by atoms with Crippen LogP contribution in [-0.2, 0) is 35.2 Å². The van der Waals surface area contributed by atoms with Crippen LogP contribution in [0.25, 0.3) is 11.1 Å². The highest BCUT2D eigenvalue weighted by atomic mass is 127. The highest BCUT2D eigenvalue weighted by molar-refractivity contribution is 14.1. The second-order valence-electron chi connectivity index (χ2n) is 7.92. The number of benzene rings is 2. The minimum absolute atomic E-state index is 0.238. The Kier molecular flexibility index (Phi) is 7.81. The van der Waals surface area contributed by atoms with Crippen molar-refractivity contribution in [3.05, 3.63) is 41.5 Å². The van der Waals surface area contributed by atoms with Gasteiger partial charge in [0, 0.05) is 25.3 Å². The summed E-state index contributed by atoms with van der Waals surface area (Å²) in [5.41, 5.74) is 8.18. The predicted octanol–water partition coefficient (Wildman–Crippen LogP) is 6.29. The van der Waals surface area contributed by atoms with E-state index in [1.165, 1.54) is 59.1 Å². The molecule has 0 heterocycles. The second kappa shape index (κ2) is 10.4. The lowest BCUT2D eigenvalue weighted by atomic mass is 9.80. The van der Waals surface area contributed by atoms with Gasteiger partial charge in [-0.15, -0.1) is 0 Å². The molecule has 0 bridgehead atoms. The summed E-state index contributed by atoms with van der Waals surface area (Å²) >= 11 is 4.83. The molecule has 6 heteroatoms. The third kappa shape index (κ3) is 4.47. The topological polar surface area (TPSA) is 36.9 Å². The molecule has 0 aliphatic heterocycles. The zero-order chi connectivity index (χ0) is 21.1. The first kappa shape index (κ1) is 22.6. The van der Waals surface area contributed by atoms with Crippen LogP contribution in [0.1, 0.15) is 47.9 Å². The summed E-state index contributed by atoms with van der Waals surface area (Å²) in [5.74, 6) is 1.85. The molecule has 2 aliphatic carbocycles. The summed E-state index contributed by atoms with van der Waals surface area (Å²) in [6, 6.07) is 4.61. The van der Waals surface area contributed by atoms with Crippen molar-refractivity contribution in [1.29, 1.82) is 0 Å². The minimum atomic E-state index is 0.238. The zero-order valence-corrected chi connectivity index (χ0v) is 21.9. The van der Waals surface area contributed by atoms with Gasteiger partial charge in [0.15, 0.2) is 13.6 Å². The summed E-state index contributed by atoms with van der Waals surface area (Å²) < 4.78 is 25.3. The largest absolute Gasteiger partial charge is 0.466 e. The van der Waals surface area contributed by atoms with Crippen LogP contribution in [0.15, 0.2) is 12.1 Å². The van der Waals surface area contributed by atoms with Gasteiger partial charge >= 0.3 is 0 Å². The van der Waals surface area contributed by atoms with Gasteiger partial charge in [-0.1, -0.05) is 0 Å². The zero-order valence-electron chi connectivity index (χ0n) is 17.6. The Morgan fingerprint density at radius 3 is 1.47 bits per heavy atom. The molecule has 0 fully saturated rings. The van der Waals surface area contributed by atoms with E-state index in [-0.39, 0.29) is 13.6 Å². The van der Waals surface area contributed by atoms with E-state index in [0.29, 0.717) is 0 Å². The first-order chi connectivity index (χ1) is 14.7. The molecule has 30 heavy (non-hydrogen) atoms. The Bertz CT molecular complexity index is 851. The summed E-state index contributed by atoms with van der Waals surface area (Å²) in [4.78, 5) is 0. The fraction of sp³-hybridized carbons (Fsp3) is 0.500. The Balaban J connectivity index is 2.03. The van der Waals surface area contributed by atoms with Crippen LogP contribution in [0.5, 0.6) is 11.5 Å². The summed E-state index contributed by atoms with van der Waals surface area (Å²) in [5, 5.41) is 0. The van der Waals surface area contributed by atoms with E-state index in [4.69, 9.17) is 18.9 Å². The van der Waals surface area contributed by atoms with Crippen molar-refractivity contribution in [2.75, 3.05) is 27.8 Å². The number of hydrogen-bond donors (Lipinski definition) is 0. The van der Waals surface area contributed by atoms with Crippen molar-refractivity contribution in [3.63, 3.8) is 0 Å². The van der Waals surface area contributed by atoms with Crippen LogP contribution < -0.4 is 9.47 Å². The van der Waals surface area contributed by atoms with Crippen LogP contribution in [0.2, 0.25) is 0 Å². The fourth-order valence-electron chi connectivity index (χ4n) is 4.74. The normalized spacial score (nSPS) is 15.5. The molecule has 0 atom stereocenters. The maximum absolute atomic E-state index is 6.21. The molecule has 2 aromatic carbocycles. The fourth-order valence-corrected chi connectivity index (χ4v) is 6.35. The molecule has 0 saturated heterocycles. The van der Waals surface area contributed by atoms with E-state index in [1.54, 1.807) is 14.2 Å². The maximum atomic E-state index is 6.21. The van der Waals surface area contributed by atoms with E-state index < -0.39 is 0 Å². The lowest BCUT2D eigenvalue weighted by Gasteiger charge is -2.29. The van der Waals surface area contributed by atoms with Crippen molar-refractivity contribution in [1.82, 2.24) is 0 Å². The Labute approximate surface area is 206 Å². The van der Waals surface area contributed by atoms with Crippen molar-refractivity contribution in [2.45, 2.75) is 51.4 Å². The molecule has 162 valence electrons. The summed E-state index contributed by atoms with van der Waals surface area (Å²) in [6.07, 6.45) is 9.34. The molecule has 4 nitrogen and oxygen atoms in total. The standard InChI is InChI=1S/C24H28I2O4/c1-27-13-29-23-19(25)11-15-7-3-5-9-17(15)21(23)22-18-10-6-4-8-16(18)12-20(26)24(22)30-14-28-2/h11-12H,3-10,13-14H2,1-2H3. The van der Waals surface area contributed by atoms with Crippen molar-refractivity contribution in [2.24, 2.45) is 0 Å². The van der Waals surface area contributed by atoms with Gasteiger partial charge in [-0.2, -0.15) is 0 Å². The van der Waals surface area contributed by atoms with Gasteiger partial charge in [0.25, 0.3) is 0 Å². The van der Waals surface area contributed by atoms with E-state index >= 15 is 0 Å². The number of fused-ring (bicyclic) bond motifs is 2. The molecule has 0 aromatic heterocycles. The number of rotatable bonds is 7. The van der Waals surface area contributed by atoms with E-state index in [2.05, 4.69) is 57.3 Å². The molecule has 2 aliphatic rings. The number of aryl methyl sites for hydroxylation is 2. The van der Waals surface area contributed by atoms with E-state index in [9.17, 15) is 0 Å². The van der Waals surface area contributed by atoms with Crippen LogP contribution in [-0.4, -0.2) is 27.8 Å². The predicted molar refractivity (Wildman–Crippen MR) is 136 cm³/mol. The van der Waals surface area contributed by atoms with Crippen LogP contribution in [0.4, 0.5) is 0 Å². The first-order valence-corrected chi connectivity index (χ1v) is 12.7. The average Bonchev–Trinajstić information content (AvgIpc) is 2.76. The van der Waals surface area contributed by atoms with E-state index in [1.807, 2.05) is 0 Å². The SMILES string of the molecule is COCOc1c(I)cc2c(c1-c1c3c(cc(I)c1OCOC)CCCC3)CCCC2. The Morgan fingerprint density at radius 2 is 1.07 bits per heavy atom. The van der Waals surface area contributed by atoms with Gasteiger partial charge in [0.1, 0.15) is 11.5 Å². The second-order valence-corrected chi connectivity index (χ2v) is 10.2. The number of ether oxygens (including phenoxy) is 4. The van der Waals surface area contributed by atoms with Gasteiger partial charge in [-0.25, -0.2) is 0 Å². The molecule has 0 unspecified atom stereocenters. The number of methoxy groups -OCH3 is 2. The Hall–Kier alpha value is -0.580. The smallest absolute Gasteiger partial charge is 0.188 e. The minimum Gasteiger partial charge on any atom is -0.466 e. The van der Waals surface area contributed by atoms with Gasteiger partial charge in [0.2, 0.25) is 0 Å². The third-order valence-corrected chi connectivity index (χ3v) is 7.61. The molecular formula is C24H28I2O4. The molecule has 0 N–H and O–H groups in total. The van der Waals surface area contributed by atoms with Crippen molar-refractivity contribution < 1.29 is 18.9 Å². The van der Waals surface area contributed by atoms with Crippen LogP contribution in [0.3, 0.4) is 0 Å². The summed E-state index contributed by atoms with van der Waals surface area (Å²) in [7, 11) is 3.34. The summed E-state index contributed by atoms with van der Waals surface area (Å²) in [6.45, 7) is 0.477. The highest BCUT2D eigenvalue weighted by Crippen LogP contribution is 2.49. The third-order valence-electron chi connectivity index (χ3n) is 6.01. The molecule has 4 rings (SSSR count). The van der Waals surface area contributed by atoms with Crippen molar-refractivity contribution in [3.8, 4) is 22.6 Å². The first-order valence-electron chi connectivity index (χ1n) is 10.6. The van der Waals surface area contributed by atoms with Crippen molar-refractivity contribution >= 4 is 45.2 Å². The average molecular weight is 634 g/mol. The molecule has 2 aromatic rings. The van der Waals surface area contributed by atoms with Gasteiger partial charge in [-0.3, -0.25) is 0 Å². The monoisotopic (exact) mass is 634 g/mol. The molecular weight excluding hydrogens is 606 g/mol. The molecule has 0 amide bonds. The van der Waals surface area contributed by atoms with Gasteiger partial charge in [0.05, 0.1) is 7.14 Å². The molecule has 0 saturated carbocycles. The molecule has 0 radical (unpaired) electrons. The van der Waals surface area contributed by atoms with Gasteiger partial charge in [-0.05, 0) is 131 Å². The van der Waals surface area contributed by atoms with Crippen LogP contribution >= 0.6 is 45.2 Å². The quantitative estimate of drug-likeness (QED) is 0.266. The Morgan fingerprint density at radius 1 is 0.667 bits per heavy atom. The lowest BCUT2D eigenvalue weighted by Crippen LogP contribution is -2.14. The van der Waals surface area contributed by atoms with E-state index in [0.717, 1.165) is 44.3 Å². The number of hydrogen-bond acceptors (Lipinski definition) is 4. The molecule has 0 spiro atoms. The maximum Gasteiger partial charge on any atom is 0.188 e. The number of halogens is 2. The van der Waals surface area contributed by atoms with Gasteiger partial charge < -0.3 is 18.9 Å². The lowest BCUT2D eigenvalue weighted by molar-refractivity contribution is 0.0493. The highest BCUT2D eigenvalue weighted by Gasteiger charge is 2.29.